The minimum atomic E-state index is -3.46. The predicted octanol–water partition coefficient (Wildman–Crippen LogP) is 2.98. The van der Waals surface area contributed by atoms with Gasteiger partial charge in [-0.2, -0.15) is 0 Å². The average molecular weight is 340 g/mol. The molecule has 2 aromatic rings. The first-order chi connectivity index (χ1) is 10.8. The quantitative estimate of drug-likeness (QED) is 0.879. The molecule has 23 heavy (non-hydrogen) atoms. The van der Waals surface area contributed by atoms with E-state index < -0.39 is 27.6 Å². The van der Waals surface area contributed by atoms with Crippen molar-refractivity contribution in [2.24, 2.45) is 0 Å². The highest BCUT2D eigenvalue weighted by atomic mass is 32.2. The van der Waals surface area contributed by atoms with Crippen molar-refractivity contribution in [3.8, 4) is 0 Å². The van der Waals surface area contributed by atoms with Crippen molar-refractivity contribution in [2.75, 3.05) is 15.8 Å². The molecular weight excluding hydrogens is 326 g/mol. The molecule has 2 rings (SSSR count). The molecule has 0 radical (unpaired) electrons. The Balaban J connectivity index is 2.18. The van der Waals surface area contributed by atoms with E-state index in [1.165, 1.54) is 37.3 Å². The van der Waals surface area contributed by atoms with Crippen LogP contribution in [0, 0.1) is 11.6 Å². The third kappa shape index (κ3) is 4.49. The van der Waals surface area contributed by atoms with Crippen LogP contribution in [0.25, 0.3) is 0 Å². The fraction of sp³-hybridized carbons (Fsp3) is 0.133. The van der Waals surface area contributed by atoms with E-state index in [4.69, 9.17) is 0 Å². The molecule has 0 saturated carbocycles. The fourth-order valence-corrected chi connectivity index (χ4v) is 2.38. The van der Waals surface area contributed by atoms with Gasteiger partial charge in [0, 0.05) is 23.0 Å². The Bertz CT molecular complexity index is 838. The molecule has 0 spiro atoms. The molecule has 0 unspecified atom stereocenters. The molecule has 0 heterocycles. The first kappa shape index (κ1) is 16.9. The standard InChI is InChI=1S/C15H14F2N2O3S/c1-2-23(21,22)19-12-5-3-4-10(8-12)15(20)18-11-6-7-13(16)14(17)9-11/h3-9,19H,2H2,1H3,(H,18,20). The summed E-state index contributed by atoms with van der Waals surface area (Å²) in [6, 6.07) is 8.81. The highest BCUT2D eigenvalue weighted by molar-refractivity contribution is 7.92. The van der Waals surface area contributed by atoms with E-state index in [1.807, 2.05) is 0 Å². The zero-order valence-corrected chi connectivity index (χ0v) is 13.0. The van der Waals surface area contributed by atoms with Crippen LogP contribution >= 0.6 is 0 Å². The number of rotatable bonds is 5. The van der Waals surface area contributed by atoms with Crippen LogP contribution in [0.4, 0.5) is 20.2 Å². The van der Waals surface area contributed by atoms with Crippen LogP contribution in [0.15, 0.2) is 42.5 Å². The van der Waals surface area contributed by atoms with Gasteiger partial charge in [0.05, 0.1) is 5.75 Å². The van der Waals surface area contributed by atoms with Crippen LogP contribution in [0.5, 0.6) is 0 Å². The highest BCUT2D eigenvalue weighted by Gasteiger charge is 2.11. The Morgan fingerprint density at radius 3 is 2.43 bits per heavy atom. The van der Waals surface area contributed by atoms with Gasteiger partial charge in [-0.1, -0.05) is 6.07 Å². The summed E-state index contributed by atoms with van der Waals surface area (Å²) in [6.45, 7) is 1.49. The second-order valence-electron chi connectivity index (χ2n) is 4.67. The number of hydrogen-bond acceptors (Lipinski definition) is 3. The van der Waals surface area contributed by atoms with Crippen molar-refractivity contribution in [3.05, 3.63) is 59.7 Å². The maximum atomic E-state index is 13.1. The first-order valence-corrected chi connectivity index (χ1v) is 8.33. The zero-order chi connectivity index (χ0) is 17.0. The summed E-state index contributed by atoms with van der Waals surface area (Å²) in [7, 11) is -3.46. The van der Waals surface area contributed by atoms with Crippen LogP contribution in [-0.2, 0) is 10.0 Å². The molecule has 0 aliphatic carbocycles. The molecule has 1 amide bonds. The Morgan fingerprint density at radius 1 is 1.04 bits per heavy atom. The van der Waals surface area contributed by atoms with Gasteiger partial charge in [-0.25, -0.2) is 17.2 Å². The maximum Gasteiger partial charge on any atom is 0.255 e. The van der Waals surface area contributed by atoms with Gasteiger partial charge in [0.1, 0.15) is 0 Å². The summed E-state index contributed by atoms with van der Waals surface area (Å²) in [6.07, 6.45) is 0. The molecule has 122 valence electrons. The van der Waals surface area contributed by atoms with Gasteiger partial charge < -0.3 is 5.32 Å². The Kier molecular flexibility index (Phi) is 4.95. The molecular formula is C15H14F2N2O3S. The number of anilines is 2. The number of carbonyl (C=O) groups is 1. The van der Waals surface area contributed by atoms with E-state index in [9.17, 15) is 22.0 Å². The minimum Gasteiger partial charge on any atom is -0.322 e. The lowest BCUT2D eigenvalue weighted by atomic mass is 10.2. The summed E-state index contributed by atoms with van der Waals surface area (Å²) in [5, 5.41) is 2.41. The van der Waals surface area contributed by atoms with Crippen molar-refractivity contribution in [1.82, 2.24) is 0 Å². The van der Waals surface area contributed by atoms with Crippen LogP contribution in [0.1, 0.15) is 17.3 Å². The van der Waals surface area contributed by atoms with E-state index in [0.29, 0.717) is 0 Å². The Labute approximate surface area is 132 Å². The van der Waals surface area contributed by atoms with Crippen molar-refractivity contribution < 1.29 is 22.0 Å². The van der Waals surface area contributed by atoms with Gasteiger partial charge in [0.15, 0.2) is 11.6 Å². The molecule has 0 fully saturated rings. The maximum absolute atomic E-state index is 13.1. The van der Waals surface area contributed by atoms with Gasteiger partial charge in [-0.05, 0) is 37.3 Å². The summed E-state index contributed by atoms with van der Waals surface area (Å²) < 4.78 is 51.3. The zero-order valence-electron chi connectivity index (χ0n) is 12.1. The molecule has 5 nitrogen and oxygen atoms in total. The first-order valence-electron chi connectivity index (χ1n) is 6.67. The van der Waals surface area contributed by atoms with Crippen LogP contribution in [0.2, 0.25) is 0 Å². The third-order valence-corrected chi connectivity index (χ3v) is 4.26. The molecule has 0 bridgehead atoms. The number of nitrogens with one attached hydrogen (secondary N) is 2. The van der Waals surface area contributed by atoms with Crippen LogP contribution < -0.4 is 10.0 Å². The van der Waals surface area contributed by atoms with Gasteiger partial charge in [0.2, 0.25) is 10.0 Å². The summed E-state index contributed by atoms with van der Waals surface area (Å²) in [5.74, 6) is -2.77. The SMILES string of the molecule is CCS(=O)(=O)Nc1cccc(C(=O)Nc2ccc(F)c(F)c2)c1. The lowest BCUT2D eigenvalue weighted by Crippen LogP contribution is -2.16. The average Bonchev–Trinajstić information content (AvgIpc) is 2.51. The number of hydrogen-bond donors (Lipinski definition) is 2. The number of sulfonamides is 1. The molecule has 0 saturated heterocycles. The minimum absolute atomic E-state index is 0.0911. The summed E-state index contributed by atoms with van der Waals surface area (Å²) >= 11 is 0. The second kappa shape index (κ2) is 6.74. The van der Waals surface area contributed by atoms with Gasteiger partial charge in [0.25, 0.3) is 5.91 Å². The van der Waals surface area contributed by atoms with Crippen molar-refractivity contribution in [2.45, 2.75) is 6.92 Å². The van der Waals surface area contributed by atoms with E-state index in [-0.39, 0.29) is 22.7 Å². The lowest BCUT2D eigenvalue weighted by Gasteiger charge is -2.09. The number of carbonyl (C=O) groups excluding carboxylic acids is 1. The van der Waals surface area contributed by atoms with E-state index >= 15 is 0 Å². The molecule has 0 aromatic heterocycles. The second-order valence-corrected chi connectivity index (χ2v) is 6.68. The lowest BCUT2D eigenvalue weighted by molar-refractivity contribution is 0.102. The molecule has 8 heteroatoms. The van der Waals surface area contributed by atoms with E-state index in [1.54, 1.807) is 0 Å². The van der Waals surface area contributed by atoms with Crippen LogP contribution in [0.3, 0.4) is 0 Å². The van der Waals surface area contributed by atoms with Crippen molar-refractivity contribution in [3.63, 3.8) is 0 Å². The fourth-order valence-electron chi connectivity index (χ4n) is 1.75. The molecule has 2 aromatic carbocycles. The topological polar surface area (TPSA) is 75.3 Å². The largest absolute Gasteiger partial charge is 0.322 e. The number of amides is 1. The number of halogens is 2. The van der Waals surface area contributed by atoms with Gasteiger partial charge >= 0.3 is 0 Å². The molecule has 2 N–H and O–H groups in total. The molecule has 0 aliphatic heterocycles. The van der Waals surface area contributed by atoms with E-state index in [2.05, 4.69) is 10.0 Å². The Morgan fingerprint density at radius 2 is 1.78 bits per heavy atom. The van der Waals surface area contributed by atoms with Crippen molar-refractivity contribution >= 4 is 27.3 Å². The Hall–Kier alpha value is -2.48. The molecule has 0 atom stereocenters. The van der Waals surface area contributed by atoms with Gasteiger partial charge in [-0.3, -0.25) is 9.52 Å². The monoisotopic (exact) mass is 340 g/mol. The highest BCUT2D eigenvalue weighted by Crippen LogP contribution is 2.16. The summed E-state index contributed by atoms with van der Waals surface area (Å²) in [4.78, 5) is 12.1. The van der Waals surface area contributed by atoms with Crippen LogP contribution in [-0.4, -0.2) is 20.1 Å². The summed E-state index contributed by atoms with van der Waals surface area (Å²) in [5.41, 5.74) is 0.504. The van der Waals surface area contributed by atoms with Gasteiger partial charge in [-0.15, -0.1) is 0 Å². The smallest absolute Gasteiger partial charge is 0.255 e. The molecule has 0 aliphatic rings. The normalized spacial score (nSPS) is 11.1. The van der Waals surface area contributed by atoms with Crippen molar-refractivity contribution in [1.29, 1.82) is 0 Å². The predicted molar refractivity (Wildman–Crippen MR) is 83.8 cm³/mol. The van der Waals surface area contributed by atoms with E-state index in [0.717, 1.165) is 12.1 Å². The number of benzene rings is 2. The third-order valence-electron chi connectivity index (χ3n) is 2.96.